The standard InChI is InChI=1S/C28H24N6O/c1-18(20-9-6-10-21(14-20)28(35)29-2)23-16-30-17-31-27(23)32-22-11-12-24-25(15-22)34-26(33-24)13-19-7-4-3-5-8-19/h3-12,14-17H,1,13H2,2H3,(H,29,35)(H,33,34)(H,30,31,32). The first-order valence-corrected chi connectivity index (χ1v) is 11.2. The fraction of sp³-hybridized carbons (Fsp3) is 0.0714. The van der Waals surface area contributed by atoms with E-state index in [9.17, 15) is 4.79 Å². The zero-order valence-electron chi connectivity index (χ0n) is 19.2. The maximum absolute atomic E-state index is 12.1. The number of H-pyrrole nitrogens is 1. The molecule has 0 bridgehead atoms. The lowest BCUT2D eigenvalue weighted by molar-refractivity contribution is 0.0963. The third-order valence-electron chi connectivity index (χ3n) is 5.75. The molecule has 0 aliphatic heterocycles. The van der Waals surface area contributed by atoms with Gasteiger partial charge in [-0.25, -0.2) is 15.0 Å². The van der Waals surface area contributed by atoms with Crippen molar-refractivity contribution in [2.45, 2.75) is 6.42 Å². The van der Waals surface area contributed by atoms with Crippen LogP contribution >= 0.6 is 0 Å². The lowest BCUT2D eigenvalue weighted by Gasteiger charge is -2.13. The Morgan fingerprint density at radius 3 is 2.66 bits per heavy atom. The molecule has 2 aromatic heterocycles. The molecular weight excluding hydrogens is 436 g/mol. The molecule has 0 aliphatic rings. The number of aromatic amines is 1. The van der Waals surface area contributed by atoms with Gasteiger partial charge in [0, 0.05) is 36.5 Å². The van der Waals surface area contributed by atoms with Crippen LogP contribution in [-0.2, 0) is 6.42 Å². The van der Waals surface area contributed by atoms with Gasteiger partial charge in [-0.3, -0.25) is 4.79 Å². The van der Waals surface area contributed by atoms with Gasteiger partial charge >= 0.3 is 0 Å². The number of imidazole rings is 1. The van der Waals surface area contributed by atoms with Crippen LogP contribution in [0.25, 0.3) is 16.6 Å². The number of nitrogens with one attached hydrogen (secondary N) is 3. The number of amides is 1. The number of anilines is 2. The van der Waals surface area contributed by atoms with Crippen LogP contribution in [0, 0.1) is 0 Å². The molecule has 3 N–H and O–H groups in total. The van der Waals surface area contributed by atoms with Gasteiger partial charge in [-0.1, -0.05) is 49.0 Å². The van der Waals surface area contributed by atoms with Crippen molar-refractivity contribution < 1.29 is 4.79 Å². The Morgan fingerprint density at radius 2 is 1.83 bits per heavy atom. The van der Waals surface area contributed by atoms with Gasteiger partial charge in [0.1, 0.15) is 18.0 Å². The molecule has 5 aromatic rings. The zero-order chi connectivity index (χ0) is 24.2. The molecule has 7 heteroatoms. The summed E-state index contributed by atoms with van der Waals surface area (Å²) in [6, 6.07) is 23.5. The summed E-state index contributed by atoms with van der Waals surface area (Å²) in [7, 11) is 1.61. The molecule has 2 heterocycles. The number of nitrogens with zero attached hydrogens (tertiary/aromatic N) is 3. The number of hydrogen-bond donors (Lipinski definition) is 3. The molecule has 35 heavy (non-hydrogen) atoms. The van der Waals surface area contributed by atoms with Crippen LogP contribution in [0.15, 0.2) is 91.9 Å². The molecule has 1 amide bonds. The van der Waals surface area contributed by atoms with Crippen molar-refractivity contribution in [3.63, 3.8) is 0 Å². The van der Waals surface area contributed by atoms with Crippen LogP contribution in [0.5, 0.6) is 0 Å². The number of fused-ring (bicyclic) bond motifs is 1. The maximum Gasteiger partial charge on any atom is 0.251 e. The molecule has 172 valence electrons. The number of carbonyl (C=O) groups excluding carboxylic acids is 1. The lowest BCUT2D eigenvalue weighted by atomic mass is 9.99. The lowest BCUT2D eigenvalue weighted by Crippen LogP contribution is -2.17. The minimum absolute atomic E-state index is 0.151. The van der Waals surface area contributed by atoms with Crippen molar-refractivity contribution in [2.75, 3.05) is 12.4 Å². The molecule has 5 rings (SSSR count). The fourth-order valence-electron chi connectivity index (χ4n) is 3.95. The highest BCUT2D eigenvalue weighted by atomic mass is 16.1. The third kappa shape index (κ3) is 4.79. The molecule has 0 saturated heterocycles. The van der Waals surface area contributed by atoms with Crippen molar-refractivity contribution in [2.24, 2.45) is 0 Å². The molecule has 0 saturated carbocycles. The second-order valence-electron chi connectivity index (χ2n) is 8.13. The van der Waals surface area contributed by atoms with Crippen molar-refractivity contribution in [3.05, 3.63) is 120 Å². The smallest absolute Gasteiger partial charge is 0.251 e. The first-order chi connectivity index (χ1) is 17.1. The summed E-state index contributed by atoms with van der Waals surface area (Å²) >= 11 is 0. The zero-order valence-corrected chi connectivity index (χ0v) is 19.2. The van der Waals surface area contributed by atoms with Crippen LogP contribution in [0.1, 0.15) is 32.9 Å². The van der Waals surface area contributed by atoms with E-state index in [0.717, 1.165) is 40.1 Å². The van der Waals surface area contributed by atoms with Gasteiger partial charge in [0.05, 0.1) is 11.0 Å². The molecule has 0 unspecified atom stereocenters. The molecule has 0 spiro atoms. The second-order valence-corrected chi connectivity index (χ2v) is 8.13. The summed E-state index contributed by atoms with van der Waals surface area (Å²) in [6.45, 7) is 4.25. The highest BCUT2D eigenvalue weighted by molar-refractivity contribution is 5.96. The predicted molar refractivity (Wildman–Crippen MR) is 139 cm³/mol. The quantitative estimate of drug-likeness (QED) is 0.314. The molecule has 0 fully saturated rings. The van der Waals surface area contributed by atoms with E-state index < -0.39 is 0 Å². The van der Waals surface area contributed by atoms with E-state index >= 15 is 0 Å². The Labute approximate surface area is 203 Å². The summed E-state index contributed by atoms with van der Waals surface area (Å²) in [5, 5.41) is 6.03. The van der Waals surface area contributed by atoms with Gasteiger partial charge in [-0.05, 0) is 47.0 Å². The van der Waals surface area contributed by atoms with Crippen molar-refractivity contribution in [1.29, 1.82) is 0 Å². The highest BCUT2D eigenvalue weighted by Gasteiger charge is 2.13. The third-order valence-corrected chi connectivity index (χ3v) is 5.75. The molecular formula is C28H24N6O. The summed E-state index contributed by atoms with van der Waals surface area (Å²) in [4.78, 5) is 28.8. The normalized spacial score (nSPS) is 10.8. The minimum atomic E-state index is -0.151. The summed E-state index contributed by atoms with van der Waals surface area (Å²) in [5.41, 5.74) is 6.75. The first-order valence-electron chi connectivity index (χ1n) is 11.2. The number of benzene rings is 3. The van der Waals surface area contributed by atoms with E-state index in [1.54, 1.807) is 19.3 Å². The van der Waals surface area contributed by atoms with Crippen molar-refractivity contribution in [1.82, 2.24) is 25.3 Å². The van der Waals surface area contributed by atoms with Gasteiger partial charge in [-0.15, -0.1) is 0 Å². The average molecular weight is 461 g/mol. The Balaban J connectivity index is 1.40. The first kappa shape index (κ1) is 22.0. The molecule has 0 atom stereocenters. The maximum atomic E-state index is 12.1. The molecule has 7 nitrogen and oxygen atoms in total. The van der Waals surface area contributed by atoms with Gasteiger partial charge in [-0.2, -0.15) is 0 Å². The Morgan fingerprint density at radius 1 is 1.00 bits per heavy atom. The van der Waals surface area contributed by atoms with Crippen molar-refractivity contribution in [3.8, 4) is 0 Å². The number of rotatable bonds is 7. The van der Waals surface area contributed by atoms with Crippen LogP contribution in [-0.4, -0.2) is 32.9 Å². The fourth-order valence-corrected chi connectivity index (χ4v) is 3.95. The topological polar surface area (TPSA) is 95.6 Å². The minimum Gasteiger partial charge on any atom is -0.355 e. The summed E-state index contributed by atoms with van der Waals surface area (Å²) < 4.78 is 0. The van der Waals surface area contributed by atoms with Gasteiger partial charge in [0.25, 0.3) is 5.91 Å². The largest absolute Gasteiger partial charge is 0.355 e. The van der Waals surface area contributed by atoms with Crippen LogP contribution in [0.4, 0.5) is 11.5 Å². The molecule has 0 aliphatic carbocycles. The van der Waals surface area contributed by atoms with Crippen LogP contribution in [0.2, 0.25) is 0 Å². The summed E-state index contributed by atoms with van der Waals surface area (Å²) in [5.74, 6) is 1.39. The van der Waals surface area contributed by atoms with E-state index in [-0.39, 0.29) is 5.91 Å². The van der Waals surface area contributed by atoms with Crippen LogP contribution < -0.4 is 10.6 Å². The monoisotopic (exact) mass is 460 g/mol. The molecule has 0 radical (unpaired) electrons. The van der Waals surface area contributed by atoms with E-state index in [0.29, 0.717) is 17.0 Å². The Hall–Kier alpha value is -4.78. The van der Waals surface area contributed by atoms with Gasteiger partial charge in [0.2, 0.25) is 0 Å². The summed E-state index contributed by atoms with van der Waals surface area (Å²) in [6.07, 6.45) is 3.95. The highest BCUT2D eigenvalue weighted by Crippen LogP contribution is 2.29. The number of carbonyl (C=O) groups is 1. The SMILES string of the molecule is C=C(c1cccc(C(=O)NC)c1)c1cncnc1Nc1ccc2nc(Cc3ccccc3)[nH]c2c1. The number of aromatic nitrogens is 4. The Bertz CT molecular complexity index is 1520. The molecule has 3 aromatic carbocycles. The average Bonchev–Trinajstić information content (AvgIpc) is 3.30. The Kier molecular flexibility index (Phi) is 6.05. The predicted octanol–water partition coefficient (Wildman–Crippen LogP) is 5.11. The number of hydrogen-bond acceptors (Lipinski definition) is 5. The van der Waals surface area contributed by atoms with Gasteiger partial charge in [0.15, 0.2) is 0 Å². The van der Waals surface area contributed by atoms with E-state index in [2.05, 4.69) is 44.3 Å². The van der Waals surface area contributed by atoms with E-state index in [4.69, 9.17) is 4.98 Å². The van der Waals surface area contributed by atoms with Gasteiger partial charge < -0.3 is 15.6 Å². The second kappa shape index (κ2) is 9.61. The van der Waals surface area contributed by atoms with Crippen LogP contribution in [0.3, 0.4) is 0 Å². The van der Waals surface area contributed by atoms with E-state index in [1.165, 1.54) is 11.9 Å². The van der Waals surface area contributed by atoms with Crippen molar-refractivity contribution >= 4 is 34.0 Å². The van der Waals surface area contributed by atoms with E-state index in [1.807, 2.05) is 54.6 Å².